The third kappa shape index (κ3) is 2.80. The number of imide groups is 1. The predicted molar refractivity (Wildman–Crippen MR) is 86.9 cm³/mol. The lowest BCUT2D eigenvalue weighted by Crippen LogP contribution is -2.41. The summed E-state index contributed by atoms with van der Waals surface area (Å²) in [4.78, 5) is 26.0. The maximum Gasteiger partial charge on any atom is 0.325 e. The van der Waals surface area contributed by atoms with Crippen molar-refractivity contribution in [3.63, 3.8) is 0 Å². The van der Waals surface area contributed by atoms with Crippen LogP contribution in [0.3, 0.4) is 0 Å². The summed E-state index contributed by atoms with van der Waals surface area (Å²) in [7, 11) is 0. The molecule has 1 heterocycles. The van der Waals surface area contributed by atoms with Gasteiger partial charge in [0.1, 0.15) is 5.54 Å². The van der Waals surface area contributed by atoms with Crippen molar-refractivity contribution in [3.8, 4) is 0 Å². The summed E-state index contributed by atoms with van der Waals surface area (Å²) < 4.78 is 27.5. The van der Waals surface area contributed by atoms with Gasteiger partial charge in [-0.2, -0.15) is 0 Å². The van der Waals surface area contributed by atoms with Gasteiger partial charge in [0.25, 0.3) is 5.91 Å². The van der Waals surface area contributed by atoms with Gasteiger partial charge >= 0.3 is 6.03 Å². The average molecular weight is 395 g/mol. The van der Waals surface area contributed by atoms with E-state index in [-0.39, 0.29) is 12.1 Å². The maximum atomic E-state index is 13.5. The molecule has 1 saturated heterocycles. The first-order valence-electron chi connectivity index (χ1n) is 7.15. The Kier molecular flexibility index (Phi) is 4.13. The fourth-order valence-corrected chi connectivity index (χ4v) is 2.88. The Bertz CT molecular complexity index is 826. The monoisotopic (exact) mass is 394 g/mol. The molecule has 4 nitrogen and oxygen atoms in total. The number of rotatable bonds is 3. The Balaban J connectivity index is 1.90. The highest BCUT2D eigenvalue weighted by Gasteiger charge is 2.49. The van der Waals surface area contributed by atoms with Crippen molar-refractivity contribution in [2.75, 3.05) is 0 Å². The summed E-state index contributed by atoms with van der Waals surface area (Å²) in [5.74, 6) is -2.59. The maximum absolute atomic E-state index is 13.5. The zero-order valence-corrected chi connectivity index (χ0v) is 14.2. The molecular formula is C17H13BrF2N2O2. The zero-order valence-electron chi connectivity index (χ0n) is 12.6. The van der Waals surface area contributed by atoms with Crippen LogP contribution in [0.25, 0.3) is 0 Å². The summed E-state index contributed by atoms with van der Waals surface area (Å²) >= 11 is 3.32. The standard InChI is InChI=1S/C17H13BrF2N2O2/c1-17(11-4-7-13(19)14(20)8-11)15(23)22(16(24)21-17)9-10-2-5-12(18)6-3-10/h2-8H,9H2,1H3,(H,21,24). The van der Waals surface area contributed by atoms with Crippen LogP contribution < -0.4 is 5.32 Å². The molecule has 1 N–H and O–H groups in total. The van der Waals surface area contributed by atoms with Crippen LogP contribution in [0.2, 0.25) is 0 Å². The molecule has 1 unspecified atom stereocenters. The third-order valence-corrected chi connectivity index (χ3v) is 4.55. The van der Waals surface area contributed by atoms with E-state index in [9.17, 15) is 18.4 Å². The summed E-state index contributed by atoms with van der Waals surface area (Å²) in [6, 6.07) is 9.78. The molecule has 1 atom stereocenters. The van der Waals surface area contributed by atoms with Crippen LogP contribution in [0.5, 0.6) is 0 Å². The van der Waals surface area contributed by atoms with Crippen LogP contribution in [-0.2, 0) is 16.9 Å². The molecule has 3 amide bonds. The SMILES string of the molecule is CC1(c2ccc(F)c(F)c2)NC(=O)N(Cc2ccc(Br)cc2)C1=O. The van der Waals surface area contributed by atoms with E-state index in [0.29, 0.717) is 0 Å². The van der Waals surface area contributed by atoms with Crippen LogP contribution in [-0.4, -0.2) is 16.8 Å². The first kappa shape index (κ1) is 16.6. The number of hydrogen-bond acceptors (Lipinski definition) is 2. The second kappa shape index (κ2) is 5.98. The lowest BCUT2D eigenvalue weighted by molar-refractivity contribution is -0.131. The summed E-state index contributed by atoms with van der Waals surface area (Å²) in [5, 5.41) is 2.56. The molecule has 1 aliphatic rings. The smallest absolute Gasteiger partial charge is 0.319 e. The lowest BCUT2D eigenvalue weighted by atomic mass is 9.92. The van der Waals surface area contributed by atoms with E-state index in [1.54, 1.807) is 12.1 Å². The number of amides is 3. The largest absolute Gasteiger partial charge is 0.325 e. The molecule has 2 aromatic carbocycles. The van der Waals surface area contributed by atoms with Crippen molar-refractivity contribution in [1.82, 2.24) is 10.2 Å². The number of hydrogen-bond donors (Lipinski definition) is 1. The number of nitrogens with zero attached hydrogens (tertiary/aromatic N) is 1. The Hall–Kier alpha value is -2.28. The molecule has 124 valence electrons. The van der Waals surface area contributed by atoms with Crippen LogP contribution in [0.4, 0.5) is 13.6 Å². The van der Waals surface area contributed by atoms with Gasteiger partial charge in [-0.05, 0) is 42.3 Å². The van der Waals surface area contributed by atoms with Gasteiger partial charge in [-0.3, -0.25) is 9.69 Å². The molecule has 0 aromatic heterocycles. The fourth-order valence-electron chi connectivity index (χ4n) is 2.62. The normalized spacial score (nSPS) is 20.4. The number of halogens is 3. The Labute approximate surface area is 145 Å². The van der Waals surface area contributed by atoms with Crippen LogP contribution in [0, 0.1) is 11.6 Å². The second-order valence-electron chi connectivity index (χ2n) is 5.70. The van der Waals surface area contributed by atoms with E-state index in [2.05, 4.69) is 21.2 Å². The van der Waals surface area contributed by atoms with Gasteiger partial charge in [0.2, 0.25) is 0 Å². The summed E-state index contributed by atoms with van der Waals surface area (Å²) in [6.07, 6.45) is 0. The van der Waals surface area contributed by atoms with Crippen LogP contribution >= 0.6 is 15.9 Å². The van der Waals surface area contributed by atoms with E-state index >= 15 is 0 Å². The number of carbonyl (C=O) groups is 2. The van der Waals surface area contributed by atoms with E-state index in [1.807, 2.05) is 12.1 Å². The topological polar surface area (TPSA) is 49.4 Å². The van der Waals surface area contributed by atoms with E-state index in [4.69, 9.17) is 0 Å². The Morgan fingerprint density at radius 1 is 1.08 bits per heavy atom. The number of urea groups is 1. The number of benzene rings is 2. The minimum absolute atomic E-state index is 0.0945. The van der Waals surface area contributed by atoms with Crippen molar-refractivity contribution < 1.29 is 18.4 Å². The minimum Gasteiger partial charge on any atom is -0.319 e. The van der Waals surface area contributed by atoms with E-state index < -0.39 is 29.1 Å². The van der Waals surface area contributed by atoms with Gasteiger partial charge < -0.3 is 5.32 Å². The minimum atomic E-state index is -1.43. The highest BCUT2D eigenvalue weighted by molar-refractivity contribution is 9.10. The lowest BCUT2D eigenvalue weighted by Gasteiger charge is -2.22. The van der Waals surface area contributed by atoms with Gasteiger partial charge in [-0.15, -0.1) is 0 Å². The van der Waals surface area contributed by atoms with Crippen molar-refractivity contribution in [2.45, 2.75) is 19.0 Å². The van der Waals surface area contributed by atoms with Crippen molar-refractivity contribution >= 4 is 27.9 Å². The molecule has 2 aromatic rings. The van der Waals surface area contributed by atoms with Gasteiger partial charge in [-0.25, -0.2) is 13.6 Å². The van der Waals surface area contributed by atoms with Gasteiger partial charge in [0.15, 0.2) is 11.6 Å². The van der Waals surface area contributed by atoms with Gasteiger partial charge in [-0.1, -0.05) is 34.1 Å². The summed E-state index contributed by atoms with van der Waals surface area (Å²) in [5.41, 5.74) is -0.463. The Morgan fingerprint density at radius 3 is 2.38 bits per heavy atom. The molecule has 0 radical (unpaired) electrons. The highest BCUT2D eigenvalue weighted by atomic mass is 79.9. The summed E-state index contributed by atoms with van der Waals surface area (Å²) in [6.45, 7) is 1.57. The van der Waals surface area contributed by atoms with Gasteiger partial charge in [0.05, 0.1) is 6.54 Å². The number of nitrogens with one attached hydrogen (secondary N) is 1. The second-order valence-corrected chi connectivity index (χ2v) is 6.62. The van der Waals surface area contributed by atoms with E-state index in [1.165, 1.54) is 13.0 Å². The van der Waals surface area contributed by atoms with Crippen molar-refractivity contribution in [3.05, 3.63) is 69.7 Å². The van der Waals surface area contributed by atoms with E-state index in [0.717, 1.165) is 27.1 Å². The van der Waals surface area contributed by atoms with Crippen LogP contribution in [0.15, 0.2) is 46.9 Å². The molecule has 0 aliphatic carbocycles. The third-order valence-electron chi connectivity index (χ3n) is 4.03. The molecule has 24 heavy (non-hydrogen) atoms. The first-order valence-corrected chi connectivity index (χ1v) is 7.94. The molecule has 1 aliphatic heterocycles. The predicted octanol–water partition coefficient (Wildman–Crippen LogP) is 3.69. The molecule has 7 heteroatoms. The number of carbonyl (C=O) groups excluding carboxylic acids is 2. The molecule has 0 spiro atoms. The molecule has 0 bridgehead atoms. The fraction of sp³-hybridized carbons (Fsp3) is 0.176. The highest BCUT2D eigenvalue weighted by Crippen LogP contribution is 2.30. The zero-order chi connectivity index (χ0) is 17.5. The molecule has 0 saturated carbocycles. The Morgan fingerprint density at radius 2 is 1.75 bits per heavy atom. The molecular weight excluding hydrogens is 382 g/mol. The molecule has 3 rings (SSSR count). The van der Waals surface area contributed by atoms with Crippen molar-refractivity contribution in [2.24, 2.45) is 0 Å². The quantitative estimate of drug-likeness (QED) is 0.806. The average Bonchev–Trinajstić information content (AvgIpc) is 2.76. The van der Waals surface area contributed by atoms with Crippen molar-refractivity contribution in [1.29, 1.82) is 0 Å². The molecule has 1 fully saturated rings. The van der Waals surface area contributed by atoms with Crippen LogP contribution in [0.1, 0.15) is 18.1 Å². The first-order chi connectivity index (χ1) is 11.3. The van der Waals surface area contributed by atoms with Gasteiger partial charge in [0, 0.05) is 4.47 Å².